The number of carbonyl (C=O) groups excluding carboxylic acids is 9. The van der Waals surface area contributed by atoms with Gasteiger partial charge in [0.1, 0.15) is 18.7 Å². The summed E-state index contributed by atoms with van der Waals surface area (Å²) >= 11 is 0. The van der Waals surface area contributed by atoms with Gasteiger partial charge in [-0.15, -0.1) is 0 Å². The zero-order chi connectivity index (χ0) is 58.7. The molecule has 0 spiro atoms. The predicted octanol–water partition coefficient (Wildman–Crippen LogP) is 2.26. The van der Waals surface area contributed by atoms with Crippen LogP contribution >= 0.6 is 0 Å². The number of urea groups is 1. The Morgan fingerprint density at radius 2 is 1.60 bits per heavy atom. The van der Waals surface area contributed by atoms with Crippen LogP contribution in [0.4, 0.5) is 20.1 Å². The number of nitrogens with two attached hydrogens (primary N) is 3. The van der Waals surface area contributed by atoms with Gasteiger partial charge in [-0.2, -0.15) is 0 Å². The highest BCUT2D eigenvalue weighted by atomic mass is 16.7. The Bertz CT molecular complexity index is 2510. The number of anilines is 1. The number of primary amides is 1. The summed E-state index contributed by atoms with van der Waals surface area (Å²) in [5.74, 6) is -3.25. The molecule has 442 valence electrons. The number of hydrogen-bond acceptors (Lipinski definition) is 16. The van der Waals surface area contributed by atoms with Crippen molar-refractivity contribution in [3.8, 4) is 0 Å². The molecule has 0 radical (unpaired) electrons. The molecule has 12 N–H and O–H groups in total. The second kappa shape index (κ2) is 27.3. The fourth-order valence-electron chi connectivity index (χ4n) is 12.6. The summed E-state index contributed by atoms with van der Waals surface area (Å²) in [4.78, 5) is 120. The van der Waals surface area contributed by atoms with Gasteiger partial charge in [0.15, 0.2) is 24.3 Å². The van der Waals surface area contributed by atoms with Crippen molar-refractivity contribution < 1.29 is 67.2 Å². The number of aliphatic hydroxyl groups is 1. The molecule has 80 heavy (non-hydrogen) atoms. The van der Waals surface area contributed by atoms with E-state index in [1.807, 2.05) is 19.9 Å². The van der Waals surface area contributed by atoms with Crippen LogP contribution in [0.25, 0.3) is 0 Å². The topological polar surface area (TPSA) is 355 Å². The molecular formula is C56H84N10O14. The van der Waals surface area contributed by atoms with Gasteiger partial charge in [-0.1, -0.05) is 64.8 Å². The number of amides is 8. The van der Waals surface area contributed by atoms with Crippen LogP contribution < -0.4 is 43.8 Å². The van der Waals surface area contributed by atoms with Gasteiger partial charge in [0.25, 0.3) is 0 Å². The Morgan fingerprint density at radius 1 is 0.912 bits per heavy atom. The molecule has 1 aromatic carbocycles. The molecule has 1 aliphatic heterocycles. The maximum Gasteiger partial charge on any atom is 0.409 e. The van der Waals surface area contributed by atoms with E-state index in [1.54, 1.807) is 50.3 Å². The lowest BCUT2D eigenvalue weighted by atomic mass is 9.46. The molecule has 1 heterocycles. The first kappa shape index (κ1) is 62.7. The van der Waals surface area contributed by atoms with E-state index < -0.39 is 113 Å². The number of hydrogen-bond donors (Lipinski definition) is 9. The first-order chi connectivity index (χ1) is 37.9. The monoisotopic (exact) mass is 1120 g/mol. The lowest BCUT2D eigenvalue weighted by Crippen LogP contribution is -2.63. The third-order valence-corrected chi connectivity index (χ3v) is 16.9. The standard InChI is InChI=1S/C56H84N10O14/c1-8-10-45-79-43-28-38-37-17-14-34-27-36(67)20-21-54(34,4)46(37)41(68)29-55(38,5)56(43,80-45)42(69)31-78-53(76)66(7)26-25-65(6)52(75)77-30-33-12-15-35(16-13-33)62-49(72)40(11-9-23-61-51(59)74)63-50(73)47(32(2)3)64-44(70)19-18-39(58)48(71)60-24-22-57/h12-13,15-16,20-21,27,32,37-41,43,45-47,68H,8-11,14,17-19,22-26,28-31,57-58H2,1-7H3,(H,60,71)(H,62,72)(H,63,73)(H,64,70)(H3,59,61,74)/t37-,38?,39+,40-,41-,43+,45?,46?,47?,54-,55-,56+/m0/s1. The number of Topliss-reactive ketones (excluding diaryl/α,β-unsaturated/α-hetero) is 1. The normalized spacial score (nSPS) is 27.3. The van der Waals surface area contributed by atoms with Crippen molar-refractivity contribution >= 4 is 59.1 Å². The Balaban J connectivity index is 0.978. The molecular weight excluding hydrogens is 1040 g/mol. The molecule has 24 heteroatoms. The smallest absolute Gasteiger partial charge is 0.409 e. The van der Waals surface area contributed by atoms with E-state index in [0.29, 0.717) is 30.5 Å². The van der Waals surface area contributed by atoms with Crippen LogP contribution in [0.15, 0.2) is 48.1 Å². The minimum absolute atomic E-state index is 0.0193. The fourth-order valence-corrected chi connectivity index (χ4v) is 12.6. The molecule has 0 bridgehead atoms. The molecule has 4 aliphatic carbocycles. The number of likely N-dealkylation sites (N-methyl/N-ethyl adjacent to an activating group) is 2. The van der Waals surface area contributed by atoms with Crippen LogP contribution in [0, 0.1) is 34.5 Å². The van der Waals surface area contributed by atoms with E-state index in [1.165, 1.54) is 23.9 Å². The third kappa shape index (κ3) is 14.3. The van der Waals surface area contributed by atoms with Gasteiger partial charge in [0.2, 0.25) is 29.4 Å². The fraction of sp³-hybridized carbons (Fsp3) is 0.661. The summed E-state index contributed by atoms with van der Waals surface area (Å²) in [5.41, 5.74) is 15.7. The summed E-state index contributed by atoms with van der Waals surface area (Å²) in [7, 11) is 2.99. The van der Waals surface area contributed by atoms with E-state index in [9.17, 15) is 48.3 Å². The van der Waals surface area contributed by atoms with E-state index >= 15 is 0 Å². The summed E-state index contributed by atoms with van der Waals surface area (Å²) in [6, 6.07) is 2.56. The molecule has 1 saturated heterocycles. The molecule has 3 saturated carbocycles. The molecule has 12 atom stereocenters. The van der Waals surface area contributed by atoms with Crippen molar-refractivity contribution in [1.29, 1.82) is 0 Å². The van der Waals surface area contributed by atoms with Crippen molar-refractivity contribution in [2.75, 3.05) is 58.7 Å². The molecule has 8 amide bonds. The van der Waals surface area contributed by atoms with Gasteiger partial charge in [-0.25, -0.2) is 14.4 Å². The average molecular weight is 1120 g/mol. The van der Waals surface area contributed by atoms with Gasteiger partial charge < -0.3 is 77.6 Å². The van der Waals surface area contributed by atoms with Gasteiger partial charge in [-0.05, 0) is 99.0 Å². The van der Waals surface area contributed by atoms with Crippen molar-refractivity contribution in [1.82, 2.24) is 31.1 Å². The quantitative estimate of drug-likeness (QED) is 0.0601. The summed E-state index contributed by atoms with van der Waals surface area (Å²) < 4.78 is 24.4. The van der Waals surface area contributed by atoms with Gasteiger partial charge in [0, 0.05) is 75.7 Å². The van der Waals surface area contributed by atoms with Gasteiger partial charge in [-0.3, -0.25) is 28.8 Å². The van der Waals surface area contributed by atoms with Crippen molar-refractivity contribution in [3.05, 3.63) is 53.6 Å². The van der Waals surface area contributed by atoms with Crippen LogP contribution in [0.2, 0.25) is 0 Å². The Morgan fingerprint density at radius 3 is 2.25 bits per heavy atom. The number of nitrogens with one attached hydrogen (secondary N) is 5. The summed E-state index contributed by atoms with van der Waals surface area (Å²) in [6.07, 6.45) is 5.53. The zero-order valence-electron chi connectivity index (χ0n) is 47.2. The van der Waals surface area contributed by atoms with E-state index in [2.05, 4.69) is 33.5 Å². The summed E-state index contributed by atoms with van der Waals surface area (Å²) in [6.45, 7) is 9.48. The van der Waals surface area contributed by atoms with E-state index in [0.717, 1.165) is 18.4 Å². The van der Waals surface area contributed by atoms with Crippen LogP contribution in [-0.4, -0.2) is 164 Å². The summed E-state index contributed by atoms with van der Waals surface area (Å²) in [5, 5.41) is 25.2. The van der Waals surface area contributed by atoms with E-state index in [-0.39, 0.29) is 95.0 Å². The van der Waals surface area contributed by atoms with Crippen LogP contribution in [-0.2, 0) is 54.3 Å². The first-order valence-corrected chi connectivity index (χ1v) is 27.9. The van der Waals surface area contributed by atoms with Crippen LogP contribution in [0.1, 0.15) is 104 Å². The number of ether oxygens (including phenoxy) is 4. The van der Waals surface area contributed by atoms with E-state index in [4.69, 9.17) is 36.1 Å². The minimum atomic E-state index is -1.46. The average Bonchev–Trinajstić information content (AvgIpc) is 2.84. The molecule has 0 aromatic heterocycles. The number of aliphatic hydroxyl groups excluding tert-OH is 1. The first-order valence-electron chi connectivity index (χ1n) is 27.9. The van der Waals surface area contributed by atoms with Crippen LogP contribution in [0.5, 0.6) is 0 Å². The lowest BCUT2D eigenvalue weighted by molar-refractivity contribution is -0.200. The Kier molecular flexibility index (Phi) is 21.4. The Labute approximate surface area is 467 Å². The van der Waals surface area contributed by atoms with Gasteiger partial charge in [0.05, 0.1) is 18.2 Å². The number of benzene rings is 1. The minimum Gasteiger partial charge on any atom is -0.445 e. The Hall–Kier alpha value is -6.47. The molecule has 24 nitrogen and oxygen atoms in total. The van der Waals surface area contributed by atoms with Crippen molar-refractivity contribution in [2.24, 2.45) is 51.7 Å². The second-order valence-electron chi connectivity index (χ2n) is 22.7. The number of allylic oxidation sites excluding steroid dienone is 4. The molecule has 4 unspecified atom stereocenters. The van der Waals surface area contributed by atoms with Gasteiger partial charge >= 0.3 is 18.2 Å². The van der Waals surface area contributed by atoms with Crippen molar-refractivity contribution in [3.63, 3.8) is 0 Å². The molecule has 4 fully saturated rings. The predicted molar refractivity (Wildman–Crippen MR) is 292 cm³/mol. The number of carbonyl (C=O) groups is 9. The second-order valence-corrected chi connectivity index (χ2v) is 22.7. The number of fused-ring (bicyclic) bond motifs is 7. The number of nitrogens with zero attached hydrogens (tertiary/aromatic N) is 2. The highest BCUT2D eigenvalue weighted by molar-refractivity contribution is 6.01. The maximum absolute atomic E-state index is 14.7. The largest absolute Gasteiger partial charge is 0.445 e. The zero-order valence-corrected chi connectivity index (χ0v) is 47.2. The molecule has 1 aromatic rings. The highest BCUT2D eigenvalue weighted by Crippen LogP contribution is 2.69. The number of ketones is 2. The van der Waals surface area contributed by atoms with Crippen LogP contribution in [0.3, 0.4) is 0 Å². The molecule has 6 rings (SSSR count). The number of rotatable bonds is 26. The third-order valence-electron chi connectivity index (χ3n) is 16.9. The highest BCUT2D eigenvalue weighted by Gasteiger charge is 2.76. The lowest BCUT2D eigenvalue weighted by Gasteiger charge is -2.59. The molecule has 5 aliphatic rings. The van der Waals surface area contributed by atoms with Crippen molar-refractivity contribution in [2.45, 2.75) is 148 Å². The maximum atomic E-state index is 14.7. The SMILES string of the molecule is CCCC1O[C@@H]2CC3[C@@H]4CCC5=CC(=O)C=C[C@]5(C)C4[C@@H](O)C[C@]3(C)[C@]2(C(=O)COC(=O)N(C)CCN(C)C(=O)OCc2ccc(NC(=O)[C@H](CCCNC(N)=O)NC(=O)C(NC(=O)CC[C@@H](N)C(=O)NCCN)C(C)C)cc2)O1.